The lowest BCUT2D eigenvalue weighted by Gasteiger charge is -2.20. The molecule has 0 aliphatic carbocycles. The summed E-state index contributed by atoms with van der Waals surface area (Å²) < 4.78 is 4.88. The van der Waals surface area contributed by atoms with Crippen molar-refractivity contribution < 1.29 is 29.3 Å². The van der Waals surface area contributed by atoms with Gasteiger partial charge in [-0.15, -0.1) is 0 Å². The molecule has 0 bridgehead atoms. The molecule has 2 rings (SSSR count). The summed E-state index contributed by atoms with van der Waals surface area (Å²) in [6.07, 6.45) is -0.794. The fourth-order valence-corrected chi connectivity index (χ4v) is 2.05. The van der Waals surface area contributed by atoms with Crippen molar-refractivity contribution in [1.82, 2.24) is 10.2 Å². The maximum atomic E-state index is 12.0. The number of aromatic hydroxyl groups is 1. The minimum Gasteiger partial charge on any atom is -0.508 e. The van der Waals surface area contributed by atoms with Crippen molar-refractivity contribution in [3.8, 4) is 5.75 Å². The molecule has 3 N–H and O–H groups in total. The highest BCUT2D eigenvalue weighted by Gasteiger charge is 2.37. The van der Waals surface area contributed by atoms with Gasteiger partial charge in [-0.05, 0) is 17.7 Å². The molecule has 0 unspecified atom stereocenters. The van der Waals surface area contributed by atoms with Crippen LogP contribution < -0.4 is 5.32 Å². The van der Waals surface area contributed by atoms with Gasteiger partial charge < -0.3 is 20.3 Å². The second-order valence-electron chi connectivity index (χ2n) is 4.82. The Kier molecular flexibility index (Phi) is 4.82. The van der Waals surface area contributed by atoms with Gasteiger partial charge in [0.25, 0.3) is 0 Å². The number of rotatable bonds is 6. The highest BCUT2D eigenvalue weighted by atomic mass is 16.6. The lowest BCUT2D eigenvalue weighted by atomic mass is 10.1. The number of ether oxygens (including phenoxy) is 1. The van der Waals surface area contributed by atoms with Crippen LogP contribution in [0, 0.1) is 0 Å². The van der Waals surface area contributed by atoms with Gasteiger partial charge in [-0.3, -0.25) is 14.5 Å². The smallest absolute Gasteiger partial charge is 0.410 e. The molecular weight excluding hydrogens is 292 g/mol. The highest BCUT2D eigenvalue weighted by molar-refractivity contribution is 5.88. The third-order valence-electron chi connectivity index (χ3n) is 3.21. The number of amides is 2. The van der Waals surface area contributed by atoms with Crippen LogP contribution in [0.15, 0.2) is 24.3 Å². The molecule has 1 aromatic carbocycles. The van der Waals surface area contributed by atoms with Crippen molar-refractivity contribution in [3.63, 3.8) is 0 Å². The molecule has 8 heteroatoms. The van der Waals surface area contributed by atoms with Crippen LogP contribution in [0.5, 0.6) is 5.75 Å². The van der Waals surface area contributed by atoms with Crippen LogP contribution in [0.4, 0.5) is 4.79 Å². The lowest BCUT2D eigenvalue weighted by molar-refractivity contribution is -0.137. The number of phenolic OH excluding ortho intramolecular Hbond substituents is 1. The molecule has 8 nitrogen and oxygen atoms in total. The number of phenols is 1. The molecule has 2 amide bonds. The van der Waals surface area contributed by atoms with E-state index in [1.54, 1.807) is 12.1 Å². The minimum atomic E-state index is -1.01. The van der Waals surface area contributed by atoms with Gasteiger partial charge in [0.15, 0.2) is 0 Å². The van der Waals surface area contributed by atoms with Crippen molar-refractivity contribution in [1.29, 1.82) is 0 Å². The van der Waals surface area contributed by atoms with Gasteiger partial charge in [-0.25, -0.2) is 4.79 Å². The fourth-order valence-electron chi connectivity index (χ4n) is 2.05. The van der Waals surface area contributed by atoms with Gasteiger partial charge in [0.2, 0.25) is 5.91 Å². The summed E-state index contributed by atoms with van der Waals surface area (Å²) in [5.74, 6) is -1.36. The van der Waals surface area contributed by atoms with Crippen LogP contribution in [-0.2, 0) is 20.9 Å². The molecule has 1 aromatic rings. The Balaban J connectivity index is 1.98. The number of carbonyl (C=O) groups is 3. The third kappa shape index (κ3) is 3.87. The van der Waals surface area contributed by atoms with Crippen molar-refractivity contribution in [2.45, 2.75) is 19.0 Å². The molecule has 1 fully saturated rings. The summed E-state index contributed by atoms with van der Waals surface area (Å²) in [6.45, 7) is 0.0812. The Morgan fingerprint density at radius 1 is 1.32 bits per heavy atom. The van der Waals surface area contributed by atoms with Crippen molar-refractivity contribution in [2.75, 3.05) is 13.2 Å². The third-order valence-corrected chi connectivity index (χ3v) is 3.21. The number of hydrogen-bond acceptors (Lipinski definition) is 5. The van der Waals surface area contributed by atoms with Gasteiger partial charge in [0.1, 0.15) is 18.4 Å². The monoisotopic (exact) mass is 308 g/mol. The molecule has 1 aliphatic rings. The van der Waals surface area contributed by atoms with Gasteiger partial charge in [0, 0.05) is 6.54 Å². The summed E-state index contributed by atoms with van der Waals surface area (Å²) in [5, 5.41) is 20.2. The molecule has 0 spiro atoms. The van der Waals surface area contributed by atoms with E-state index in [2.05, 4.69) is 5.32 Å². The van der Waals surface area contributed by atoms with E-state index >= 15 is 0 Å². The first-order valence-corrected chi connectivity index (χ1v) is 6.68. The number of carboxylic acids is 1. The maximum absolute atomic E-state index is 12.0. The van der Waals surface area contributed by atoms with E-state index in [0.717, 1.165) is 5.56 Å². The van der Waals surface area contributed by atoms with Gasteiger partial charge >= 0.3 is 12.1 Å². The first kappa shape index (κ1) is 15.6. The van der Waals surface area contributed by atoms with E-state index in [0.29, 0.717) is 0 Å². The van der Waals surface area contributed by atoms with Gasteiger partial charge in [-0.1, -0.05) is 12.1 Å². The van der Waals surface area contributed by atoms with Crippen molar-refractivity contribution >= 4 is 18.0 Å². The highest BCUT2D eigenvalue weighted by Crippen LogP contribution is 2.18. The van der Waals surface area contributed by atoms with Crippen LogP contribution in [0.25, 0.3) is 0 Å². The zero-order valence-corrected chi connectivity index (χ0v) is 11.7. The van der Waals surface area contributed by atoms with Gasteiger partial charge in [0.05, 0.1) is 13.0 Å². The van der Waals surface area contributed by atoms with E-state index < -0.39 is 24.0 Å². The number of benzene rings is 1. The molecule has 1 atom stereocenters. The summed E-state index contributed by atoms with van der Waals surface area (Å²) in [5.41, 5.74) is 0.736. The Morgan fingerprint density at radius 3 is 2.64 bits per heavy atom. The maximum Gasteiger partial charge on any atom is 0.410 e. The molecule has 118 valence electrons. The SMILES string of the molecule is O=C(O)CCNC(=O)[C@@H]1COC(=O)N1Cc1ccc(O)cc1. The quantitative estimate of drug-likeness (QED) is 0.696. The first-order valence-electron chi connectivity index (χ1n) is 6.68. The van der Waals surface area contributed by atoms with Crippen LogP contribution in [0.3, 0.4) is 0 Å². The average Bonchev–Trinajstić information content (AvgIpc) is 2.82. The van der Waals surface area contributed by atoms with Crippen LogP contribution in [0.2, 0.25) is 0 Å². The minimum absolute atomic E-state index is 0.00803. The molecule has 0 aromatic heterocycles. The van der Waals surface area contributed by atoms with E-state index in [1.807, 2.05) is 0 Å². The number of nitrogens with zero attached hydrogens (tertiary/aromatic N) is 1. The first-order chi connectivity index (χ1) is 10.5. The Hall–Kier alpha value is -2.77. The summed E-state index contributed by atoms with van der Waals surface area (Å²) >= 11 is 0. The predicted molar refractivity (Wildman–Crippen MR) is 74.0 cm³/mol. The Labute approximate surface area is 126 Å². The molecular formula is C14H16N2O6. The number of carboxylic acid groups (broad SMARTS) is 1. The largest absolute Gasteiger partial charge is 0.508 e. The average molecular weight is 308 g/mol. The molecule has 1 aliphatic heterocycles. The fraction of sp³-hybridized carbons (Fsp3) is 0.357. The number of aliphatic carboxylic acids is 1. The summed E-state index contributed by atoms with van der Waals surface area (Å²) in [7, 11) is 0. The van der Waals surface area contributed by atoms with Crippen molar-refractivity contribution in [2.24, 2.45) is 0 Å². The molecule has 0 radical (unpaired) electrons. The van der Waals surface area contributed by atoms with E-state index in [4.69, 9.17) is 9.84 Å². The normalized spacial score (nSPS) is 17.2. The number of nitrogens with one attached hydrogen (secondary N) is 1. The number of carbonyl (C=O) groups excluding carboxylic acids is 2. The van der Waals surface area contributed by atoms with Crippen LogP contribution >= 0.6 is 0 Å². The topological polar surface area (TPSA) is 116 Å². The van der Waals surface area contributed by atoms with Gasteiger partial charge in [-0.2, -0.15) is 0 Å². The standard InChI is InChI=1S/C14H16N2O6/c17-10-3-1-9(2-4-10)7-16-11(8-22-14(16)21)13(20)15-6-5-12(18)19/h1-4,11,17H,5-8H2,(H,15,20)(H,18,19)/t11-/m0/s1. The Bertz CT molecular complexity index is 571. The predicted octanol–water partition coefficient (Wildman–Crippen LogP) is 0.304. The molecule has 22 heavy (non-hydrogen) atoms. The van der Waals surface area contributed by atoms with E-state index in [-0.39, 0.29) is 31.9 Å². The van der Waals surface area contributed by atoms with Crippen LogP contribution in [0.1, 0.15) is 12.0 Å². The zero-order chi connectivity index (χ0) is 16.1. The number of cyclic esters (lactones) is 1. The molecule has 1 saturated heterocycles. The van der Waals surface area contributed by atoms with Crippen LogP contribution in [-0.4, -0.2) is 52.3 Å². The zero-order valence-electron chi connectivity index (χ0n) is 11.7. The lowest BCUT2D eigenvalue weighted by Crippen LogP contribution is -2.45. The van der Waals surface area contributed by atoms with Crippen molar-refractivity contribution in [3.05, 3.63) is 29.8 Å². The van der Waals surface area contributed by atoms with E-state index in [9.17, 15) is 19.5 Å². The molecule has 1 heterocycles. The number of hydrogen-bond donors (Lipinski definition) is 3. The second-order valence-corrected chi connectivity index (χ2v) is 4.82. The Morgan fingerprint density at radius 2 is 2.00 bits per heavy atom. The summed E-state index contributed by atoms with van der Waals surface area (Å²) in [6, 6.07) is 5.45. The molecule has 0 saturated carbocycles. The second kappa shape index (κ2) is 6.79. The summed E-state index contributed by atoms with van der Waals surface area (Å²) in [4.78, 5) is 35.4. The van der Waals surface area contributed by atoms with E-state index in [1.165, 1.54) is 17.0 Å².